The average Bonchev–Trinajstić information content (AvgIpc) is 2.61. The Kier molecular flexibility index (Phi) is 5.54. The molecule has 0 amide bonds. The maximum Gasteiger partial charge on any atom is 0.274 e. The second-order valence-corrected chi connectivity index (χ2v) is 6.49. The smallest absolute Gasteiger partial charge is 0.267 e. The lowest BCUT2D eigenvalue weighted by Crippen LogP contribution is -2.24. The molecule has 0 bridgehead atoms. The first-order valence-corrected chi connectivity index (χ1v) is 8.94. The SMILES string of the molecule is O=c1c2ccccc2c(-c2ccc(Cl)cc2)nn1CCCCCCl. The summed E-state index contributed by atoms with van der Waals surface area (Å²) in [5.74, 6) is 0.649. The van der Waals surface area contributed by atoms with Gasteiger partial charge in [-0.05, 0) is 31.0 Å². The summed E-state index contributed by atoms with van der Waals surface area (Å²) in [6.45, 7) is 0.598. The van der Waals surface area contributed by atoms with Crippen molar-refractivity contribution in [2.45, 2.75) is 25.8 Å². The first kappa shape index (κ1) is 17.0. The molecule has 0 radical (unpaired) electrons. The fourth-order valence-electron chi connectivity index (χ4n) is 2.74. The second-order valence-electron chi connectivity index (χ2n) is 5.68. The van der Waals surface area contributed by atoms with Gasteiger partial charge in [0.05, 0.1) is 11.1 Å². The van der Waals surface area contributed by atoms with Gasteiger partial charge in [-0.15, -0.1) is 11.6 Å². The van der Waals surface area contributed by atoms with E-state index in [1.54, 1.807) is 4.68 Å². The number of aryl methyl sites for hydroxylation is 1. The van der Waals surface area contributed by atoms with Crippen LogP contribution < -0.4 is 5.56 Å². The molecule has 124 valence electrons. The fraction of sp³-hybridized carbons (Fsp3) is 0.263. The van der Waals surface area contributed by atoms with Gasteiger partial charge in [0.1, 0.15) is 0 Å². The van der Waals surface area contributed by atoms with Gasteiger partial charge < -0.3 is 0 Å². The molecule has 1 heterocycles. The highest BCUT2D eigenvalue weighted by Crippen LogP contribution is 2.25. The van der Waals surface area contributed by atoms with Crippen LogP contribution >= 0.6 is 23.2 Å². The zero-order chi connectivity index (χ0) is 16.9. The van der Waals surface area contributed by atoms with Crippen LogP contribution in [0.25, 0.3) is 22.0 Å². The Morgan fingerprint density at radius 3 is 2.33 bits per heavy atom. The number of alkyl halides is 1. The van der Waals surface area contributed by atoms with Crippen molar-refractivity contribution >= 4 is 34.0 Å². The minimum absolute atomic E-state index is 0.0470. The first-order chi connectivity index (χ1) is 11.7. The number of hydrogen-bond donors (Lipinski definition) is 0. The predicted molar refractivity (Wildman–Crippen MR) is 101 cm³/mol. The minimum atomic E-state index is -0.0470. The molecule has 2 aromatic carbocycles. The molecule has 3 aromatic rings. The second kappa shape index (κ2) is 7.82. The molecule has 3 nitrogen and oxygen atoms in total. The van der Waals surface area contributed by atoms with Gasteiger partial charge >= 0.3 is 0 Å². The summed E-state index contributed by atoms with van der Waals surface area (Å²) in [6, 6.07) is 15.1. The third-order valence-electron chi connectivity index (χ3n) is 3.99. The standard InChI is InChI=1S/C19H18Cl2N2O/c20-12-4-1-5-13-23-19(24)17-7-3-2-6-16(17)18(22-23)14-8-10-15(21)11-9-14/h2-3,6-11H,1,4-5,12-13H2. The molecular formula is C19H18Cl2N2O. The van der Waals surface area contributed by atoms with E-state index in [2.05, 4.69) is 5.10 Å². The van der Waals surface area contributed by atoms with Crippen LogP contribution in [-0.4, -0.2) is 15.7 Å². The molecule has 0 N–H and O–H groups in total. The van der Waals surface area contributed by atoms with Crippen LogP contribution in [0, 0.1) is 0 Å². The lowest BCUT2D eigenvalue weighted by atomic mass is 10.1. The average molecular weight is 361 g/mol. The van der Waals surface area contributed by atoms with E-state index in [-0.39, 0.29) is 5.56 Å². The molecule has 0 atom stereocenters. The van der Waals surface area contributed by atoms with Crippen LogP contribution in [0.5, 0.6) is 0 Å². The monoisotopic (exact) mass is 360 g/mol. The Balaban J connectivity index is 2.08. The summed E-state index contributed by atoms with van der Waals surface area (Å²) in [5.41, 5.74) is 1.71. The van der Waals surface area contributed by atoms with E-state index >= 15 is 0 Å². The number of halogens is 2. The van der Waals surface area contributed by atoms with Crippen molar-refractivity contribution in [1.82, 2.24) is 9.78 Å². The highest BCUT2D eigenvalue weighted by atomic mass is 35.5. The van der Waals surface area contributed by atoms with Crippen molar-refractivity contribution < 1.29 is 0 Å². The number of fused-ring (bicyclic) bond motifs is 1. The van der Waals surface area contributed by atoms with Gasteiger partial charge in [0.25, 0.3) is 5.56 Å². The van der Waals surface area contributed by atoms with Crippen LogP contribution in [0.4, 0.5) is 0 Å². The number of benzene rings is 2. The van der Waals surface area contributed by atoms with Gasteiger partial charge in [-0.2, -0.15) is 5.10 Å². The first-order valence-electron chi connectivity index (χ1n) is 8.02. The van der Waals surface area contributed by atoms with Crippen LogP contribution in [0.1, 0.15) is 19.3 Å². The van der Waals surface area contributed by atoms with E-state index in [9.17, 15) is 4.79 Å². The Morgan fingerprint density at radius 2 is 1.62 bits per heavy atom. The summed E-state index contributed by atoms with van der Waals surface area (Å²) < 4.78 is 1.57. The molecule has 0 aliphatic heterocycles. The van der Waals surface area contributed by atoms with E-state index in [4.69, 9.17) is 23.2 Å². The molecule has 0 unspecified atom stereocenters. The Bertz CT molecular complexity index is 888. The van der Waals surface area contributed by atoms with Gasteiger partial charge in [-0.1, -0.05) is 48.4 Å². The molecule has 0 saturated carbocycles. The molecule has 0 spiro atoms. The maximum absolute atomic E-state index is 12.7. The molecular weight excluding hydrogens is 343 g/mol. The van der Waals surface area contributed by atoms with Crippen molar-refractivity contribution in [3.63, 3.8) is 0 Å². The third-order valence-corrected chi connectivity index (χ3v) is 4.51. The van der Waals surface area contributed by atoms with Crippen molar-refractivity contribution in [3.05, 3.63) is 63.9 Å². The molecule has 24 heavy (non-hydrogen) atoms. The van der Waals surface area contributed by atoms with Crippen LogP contribution in [0.3, 0.4) is 0 Å². The highest BCUT2D eigenvalue weighted by molar-refractivity contribution is 6.30. The molecule has 1 aromatic heterocycles. The Hall–Kier alpha value is -1.84. The van der Waals surface area contributed by atoms with E-state index in [1.807, 2.05) is 48.5 Å². The lowest BCUT2D eigenvalue weighted by molar-refractivity contribution is 0.535. The van der Waals surface area contributed by atoms with E-state index in [0.717, 1.165) is 35.9 Å². The Morgan fingerprint density at radius 1 is 0.917 bits per heavy atom. The number of unbranched alkanes of at least 4 members (excludes halogenated alkanes) is 2. The number of rotatable bonds is 6. The van der Waals surface area contributed by atoms with Crippen LogP contribution in [0.2, 0.25) is 5.02 Å². The van der Waals surface area contributed by atoms with Gasteiger partial charge in [0.2, 0.25) is 0 Å². The normalized spacial score (nSPS) is 11.1. The van der Waals surface area contributed by atoms with Gasteiger partial charge in [-0.3, -0.25) is 4.79 Å². The molecule has 0 saturated heterocycles. The highest BCUT2D eigenvalue weighted by Gasteiger charge is 2.11. The number of aromatic nitrogens is 2. The largest absolute Gasteiger partial charge is 0.274 e. The maximum atomic E-state index is 12.7. The molecule has 0 fully saturated rings. The summed E-state index contributed by atoms with van der Waals surface area (Å²) in [4.78, 5) is 12.7. The van der Waals surface area contributed by atoms with E-state index < -0.39 is 0 Å². The fourth-order valence-corrected chi connectivity index (χ4v) is 3.06. The molecule has 3 rings (SSSR count). The van der Waals surface area contributed by atoms with Gasteiger partial charge in [-0.25, -0.2) is 4.68 Å². The summed E-state index contributed by atoms with van der Waals surface area (Å²) in [6.07, 6.45) is 2.83. The van der Waals surface area contributed by atoms with E-state index in [0.29, 0.717) is 22.8 Å². The topological polar surface area (TPSA) is 34.9 Å². The summed E-state index contributed by atoms with van der Waals surface area (Å²) in [7, 11) is 0. The number of hydrogen-bond acceptors (Lipinski definition) is 2. The summed E-state index contributed by atoms with van der Waals surface area (Å²) in [5, 5.41) is 6.86. The molecule has 0 aliphatic carbocycles. The lowest BCUT2D eigenvalue weighted by Gasteiger charge is -2.11. The molecule has 5 heteroatoms. The minimum Gasteiger partial charge on any atom is -0.267 e. The van der Waals surface area contributed by atoms with Gasteiger partial charge in [0, 0.05) is 28.4 Å². The Labute approximate surface area is 150 Å². The molecule has 0 aliphatic rings. The summed E-state index contributed by atoms with van der Waals surface area (Å²) >= 11 is 11.7. The van der Waals surface area contributed by atoms with Crippen molar-refractivity contribution in [1.29, 1.82) is 0 Å². The van der Waals surface area contributed by atoms with Crippen molar-refractivity contribution in [2.75, 3.05) is 5.88 Å². The van der Waals surface area contributed by atoms with E-state index in [1.165, 1.54) is 0 Å². The van der Waals surface area contributed by atoms with Crippen molar-refractivity contribution in [2.24, 2.45) is 0 Å². The zero-order valence-electron chi connectivity index (χ0n) is 13.2. The number of nitrogens with zero attached hydrogens (tertiary/aromatic N) is 2. The van der Waals surface area contributed by atoms with Crippen molar-refractivity contribution in [3.8, 4) is 11.3 Å². The van der Waals surface area contributed by atoms with Crippen LogP contribution in [-0.2, 0) is 6.54 Å². The predicted octanol–water partition coefficient (Wildman–Crippen LogP) is 5.13. The quantitative estimate of drug-likeness (QED) is 0.451. The van der Waals surface area contributed by atoms with Crippen LogP contribution in [0.15, 0.2) is 53.3 Å². The third kappa shape index (κ3) is 3.63. The zero-order valence-corrected chi connectivity index (χ0v) is 14.7. The van der Waals surface area contributed by atoms with Gasteiger partial charge in [0.15, 0.2) is 0 Å².